The summed E-state index contributed by atoms with van der Waals surface area (Å²) < 4.78 is 34.6. The number of nitrogens with one attached hydrogen (secondary N) is 3. The van der Waals surface area contributed by atoms with Crippen LogP contribution in [-0.4, -0.2) is 58.3 Å². The van der Waals surface area contributed by atoms with Crippen LogP contribution in [0.1, 0.15) is 93.4 Å². The molecule has 5 aliphatic rings. The number of ether oxygens (including phenoxy) is 1. The lowest BCUT2D eigenvalue weighted by atomic mass is 9.58. The molecule has 2 saturated carbocycles. The minimum atomic E-state index is -1.24. The molecule has 0 unspecified atom stereocenters. The van der Waals surface area contributed by atoms with E-state index in [1.165, 1.54) is 30.6 Å². The van der Waals surface area contributed by atoms with Crippen LogP contribution in [0.3, 0.4) is 0 Å². The van der Waals surface area contributed by atoms with Gasteiger partial charge < -0.3 is 21.1 Å². The van der Waals surface area contributed by atoms with E-state index in [2.05, 4.69) is 25.9 Å². The fourth-order valence-electron chi connectivity index (χ4n) is 8.94. The van der Waals surface area contributed by atoms with Gasteiger partial charge >= 0.3 is 5.97 Å². The molecule has 2 aromatic heterocycles. The van der Waals surface area contributed by atoms with Gasteiger partial charge in [-0.25, -0.2) is 18.7 Å². The second-order valence-corrected chi connectivity index (χ2v) is 16.5. The fraction of sp³-hybridized carbons (Fsp3) is 0.364. The number of hydrogen-bond donors (Lipinski definition) is 4. The van der Waals surface area contributed by atoms with Crippen LogP contribution in [0, 0.1) is 11.6 Å². The van der Waals surface area contributed by atoms with E-state index < -0.39 is 40.5 Å². The number of nitrogens with two attached hydrogens (primary N) is 1. The van der Waals surface area contributed by atoms with Crippen molar-refractivity contribution in [1.82, 2.24) is 15.3 Å². The van der Waals surface area contributed by atoms with Crippen molar-refractivity contribution in [2.45, 2.75) is 88.1 Å². The second kappa shape index (κ2) is 19.7. The number of ketones is 1. The van der Waals surface area contributed by atoms with Gasteiger partial charge in [-0.1, -0.05) is 78.3 Å². The molecule has 0 bridgehead atoms. The van der Waals surface area contributed by atoms with Gasteiger partial charge in [-0.05, 0) is 92.8 Å². The van der Waals surface area contributed by atoms with Gasteiger partial charge in [-0.15, -0.1) is 0 Å². The Morgan fingerprint density at radius 1 is 0.852 bits per heavy atom. The molecule has 2 aliphatic carbocycles. The summed E-state index contributed by atoms with van der Waals surface area (Å²) in [5.41, 5.74) is 6.14. The van der Waals surface area contributed by atoms with E-state index in [1.54, 1.807) is 43.3 Å². The van der Waals surface area contributed by atoms with Gasteiger partial charge in [0.1, 0.15) is 17.2 Å². The van der Waals surface area contributed by atoms with E-state index in [4.69, 9.17) is 56.9 Å². The number of esters is 1. The summed E-state index contributed by atoms with van der Waals surface area (Å²) in [5, 5.41) is 9.57. The molecule has 61 heavy (non-hydrogen) atoms. The summed E-state index contributed by atoms with van der Waals surface area (Å²) in [7, 11) is 0. The maximum atomic E-state index is 15.4. The van der Waals surface area contributed by atoms with Crippen LogP contribution in [0.15, 0.2) is 60.9 Å². The van der Waals surface area contributed by atoms with Gasteiger partial charge in [-0.3, -0.25) is 24.5 Å². The Morgan fingerprint density at radius 2 is 1.46 bits per heavy atom. The third kappa shape index (κ3) is 9.05. The van der Waals surface area contributed by atoms with Crippen LogP contribution in [0.5, 0.6) is 0 Å². The molecular formula is C44H44Cl4F2N6O5. The van der Waals surface area contributed by atoms with Gasteiger partial charge in [0, 0.05) is 69.1 Å². The van der Waals surface area contributed by atoms with E-state index in [1.807, 2.05) is 6.92 Å². The summed E-state index contributed by atoms with van der Waals surface area (Å²) in [6.45, 7) is 4.54. The Labute approximate surface area is 372 Å². The number of nitrogens with zero attached hydrogens (tertiary/aromatic N) is 2. The average molecular weight is 917 g/mol. The number of hydrogen-bond acceptors (Lipinski definition) is 9. The third-order valence-electron chi connectivity index (χ3n) is 11.3. The lowest BCUT2D eigenvalue weighted by molar-refractivity contribution is -0.146. The number of aromatic nitrogens is 2. The lowest BCUT2D eigenvalue weighted by Crippen LogP contribution is -2.57. The minimum Gasteiger partial charge on any atom is -0.465 e. The molecule has 0 radical (unpaired) electrons. The van der Waals surface area contributed by atoms with Crippen molar-refractivity contribution in [3.63, 3.8) is 0 Å². The number of carbonyl (C=O) groups excluding carboxylic acids is 4. The number of Topliss-reactive ketones (excluding diaryl/α,β-unsaturated/α-hetero) is 1. The first-order chi connectivity index (χ1) is 29.2. The predicted molar refractivity (Wildman–Crippen MR) is 234 cm³/mol. The Morgan fingerprint density at radius 3 is 2.08 bits per heavy atom. The smallest absolute Gasteiger partial charge is 0.323 e. The van der Waals surface area contributed by atoms with Crippen molar-refractivity contribution in [3.05, 3.63) is 115 Å². The molecule has 2 aromatic carbocycles. The first-order valence-corrected chi connectivity index (χ1v) is 21.4. The molecule has 5 N–H and O–H groups in total. The number of carbonyl (C=O) groups is 4. The van der Waals surface area contributed by atoms with Crippen molar-refractivity contribution in [2.24, 2.45) is 5.73 Å². The first kappa shape index (κ1) is 46.0. The SMILES string of the molecule is CCN.CCOC(=O)[C@@H]1NC2(CCCC2)[C@@]2(C(=O)Nc3cc(Cl)ccc32)[C@H]1c1ccnc(Cl)c1F.O=C1CCCC1.O=C1Nc2cc(Cl)ccc2C1=Cc1ccnc(Cl)c1F. The van der Waals surface area contributed by atoms with Crippen molar-refractivity contribution in [3.8, 4) is 0 Å². The molecule has 5 heterocycles. The highest BCUT2D eigenvalue weighted by atomic mass is 35.5. The van der Waals surface area contributed by atoms with E-state index >= 15 is 4.39 Å². The number of rotatable bonds is 4. The number of benzene rings is 2. The summed E-state index contributed by atoms with van der Waals surface area (Å²) in [6, 6.07) is 12.3. The van der Waals surface area contributed by atoms with Crippen LogP contribution >= 0.6 is 46.4 Å². The number of pyridine rings is 2. The molecule has 1 saturated heterocycles. The molecular weight excluding hydrogens is 872 g/mol. The molecule has 4 aromatic rings. The highest BCUT2D eigenvalue weighted by molar-refractivity contribution is 6.37. The molecule has 9 rings (SSSR count). The Bertz CT molecular complexity index is 2370. The van der Waals surface area contributed by atoms with Crippen LogP contribution in [-0.2, 0) is 29.3 Å². The zero-order valence-electron chi connectivity index (χ0n) is 33.4. The summed E-state index contributed by atoms with van der Waals surface area (Å²) >= 11 is 23.7. The zero-order chi connectivity index (χ0) is 44.1. The Balaban J connectivity index is 0.000000181. The highest BCUT2D eigenvalue weighted by Crippen LogP contribution is 2.63. The minimum absolute atomic E-state index is 0.164. The molecule has 11 nitrogen and oxygen atoms in total. The van der Waals surface area contributed by atoms with Gasteiger partial charge in [-0.2, -0.15) is 0 Å². The topological polar surface area (TPSA) is 165 Å². The van der Waals surface area contributed by atoms with Crippen LogP contribution in [0.2, 0.25) is 20.4 Å². The number of anilines is 2. The third-order valence-corrected chi connectivity index (χ3v) is 12.3. The number of fused-ring (bicyclic) bond motifs is 4. The molecule has 3 atom stereocenters. The molecule has 3 fully saturated rings. The van der Waals surface area contributed by atoms with Crippen LogP contribution < -0.4 is 21.7 Å². The maximum Gasteiger partial charge on any atom is 0.323 e. The van der Waals surface area contributed by atoms with E-state index in [-0.39, 0.29) is 39.9 Å². The van der Waals surface area contributed by atoms with E-state index in [0.29, 0.717) is 56.7 Å². The monoisotopic (exact) mass is 914 g/mol. The maximum absolute atomic E-state index is 15.4. The predicted octanol–water partition coefficient (Wildman–Crippen LogP) is 9.46. The molecule has 3 aliphatic heterocycles. The van der Waals surface area contributed by atoms with Gasteiger partial charge in [0.2, 0.25) is 5.91 Å². The molecule has 2 amide bonds. The summed E-state index contributed by atoms with van der Waals surface area (Å²) in [5.74, 6) is -2.94. The average Bonchev–Trinajstić information content (AvgIpc) is 4.06. The van der Waals surface area contributed by atoms with Crippen molar-refractivity contribution in [1.29, 1.82) is 0 Å². The molecule has 2 spiro atoms. The van der Waals surface area contributed by atoms with Gasteiger partial charge in [0.15, 0.2) is 21.9 Å². The van der Waals surface area contributed by atoms with Crippen LogP contribution in [0.25, 0.3) is 11.6 Å². The van der Waals surface area contributed by atoms with Gasteiger partial charge in [0.05, 0.1) is 12.3 Å². The van der Waals surface area contributed by atoms with Gasteiger partial charge in [0.25, 0.3) is 5.91 Å². The quantitative estimate of drug-likeness (QED) is 0.0887. The van der Waals surface area contributed by atoms with Crippen molar-refractivity contribution in [2.75, 3.05) is 23.8 Å². The first-order valence-electron chi connectivity index (χ1n) is 19.9. The largest absolute Gasteiger partial charge is 0.465 e. The Kier molecular flexibility index (Phi) is 14.9. The fourth-order valence-corrected chi connectivity index (χ4v) is 9.62. The summed E-state index contributed by atoms with van der Waals surface area (Å²) in [6.07, 6.45) is 11.3. The number of halogens is 6. The van der Waals surface area contributed by atoms with Crippen molar-refractivity contribution < 1.29 is 32.7 Å². The zero-order valence-corrected chi connectivity index (χ0v) is 36.4. The lowest BCUT2D eigenvalue weighted by Gasteiger charge is -2.42. The van der Waals surface area contributed by atoms with Crippen molar-refractivity contribution >= 4 is 93.0 Å². The normalized spacial score (nSPS) is 22.0. The highest BCUT2D eigenvalue weighted by Gasteiger charge is 2.73. The standard InChI is InChI=1S/C23H22Cl2FN3O3.C14H7Cl2FN2O.C5H8O.C2H7N/c1-2-32-20(30)18-16(13-7-10-27-19(25)17(13)26)23(22(29-18)8-3-4-9-22)14-6-5-12(24)11-15(14)28-21(23)31;15-8-1-2-9-10(14(20)19-11(9)6-8)5-7-3-4-18-13(16)12(7)17;6-5-3-1-2-4-5;1-2-3/h5-7,10-11,16,18,29H,2-4,8-9H2,1H3,(H,28,31);1-6H,(H,19,20);1-4H2;2-3H2,1H3/t16-,18+,23+;;;/m0.../s1. The molecule has 17 heteroatoms. The van der Waals surface area contributed by atoms with Crippen LogP contribution in [0.4, 0.5) is 20.2 Å². The van der Waals surface area contributed by atoms with E-state index in [9.17, 15) is 23.6 Å². The Hall–Kier alpha value is -4.50. The number of amides is 2. The molecule has 322 valence electrons. The van der Waals surface area contributed by atoms with E-state index in [0.717, 1.165) is 45.1 Å². The summed E-state index contributed by atoms with van der Waals surface area (Å²) in [4.78, 5) is 56.7. The second-order valence-electron chi connectivity index (χ2n) is 15.0.